The van der Waals surface area contributed by atoms with E-state index in [0.717, 1.165) is 11.3 Å². The number of anilines is 1. The molecule has 6 aromatic rings. The third-order valence-corrected chi connectivity index (χ3v) is 6.97. The Kier molecular flexibility index (Phi) is 5.53. The first-order valence-corrected chi connectivity index (χ1v) is 12.5. The smallest absolute Gasteiger partial charge is 0.229 e. The Morgan fingerprint density at radius 2 is 1.87 bits per heavy atom. The molecule has 0 aliphatic rings. The van der Waals surface area contributed by atoms with Crippen LogP contribution in [-0.4, -0.2) is 36.0 Å². The van der Waals surface area contributed by atoms with Gasteiger partial charge in [0.2, 0.25) is 5.91 Å². The Bertz CT molecular complexity index is 1850. The molecule has 0 atom stereocenters. The number of aromatic nitrogens is 6. The lowest BCUT2D eigenvalue weighted by molar-refractivity contribution is -0.123. The van der Waals surface area contributed by atoms with E-state index < -0.39 is 11.2 Å². The molecule has 5 heterocycles. The van der Waals surface area contributed by atoms with Gasteiger partial charge < -0.3 is 10.3 Å². The van der Waals surface area contributed by atoms with E-state index >= 15 is 4.39 Å². The zero-order chi connectivity index (χ0) is 26.6. The van der Waals surface area contributed by atoms with Gasteiger partial charge in [-0.25, -0.2) is 9.37 Å². The van der Waals surface area contributed by atoms with E-state index in [0.29, 0.717) is 55.5 Å². The van der Waals surface area contributed by atoms with E-state index in [1.54, 1.807) is 36.5 Å². The standard InChI is InChI=1S/C27H21F2N7OS/c1-27(2,3)26(37)32-14-10-13(11-30-12-14)15-4-5-16-20(21(15)29)24(36-35-16)25-33-17-8-9-31-23(22(17)34-25)18-6-7-19(28)38-18/h4-12H,1-3H3,(H,32,37)(H,33,34)(H,35,36). The van der Waals surface area contributed by atoms with E-state index in [1.807, 2.05) is 20.8 Å². The van der Waals surface area contributed by atoms with Gasteiger partial charge in [-0.1, -0.05) is 20.8 Å². The van der Waals surface area contributed by atoms with Crippen LogP contribution in [0.1, 0.15) is 20.8 Å². The maximum absolute atomic E-state index is 16.1. The van der Waals surface area contributed by atoms with Crippen LogP contribution in [0.3, 0.4) is 0 Å². The number of pyridine rings is 2. The highest BCUT2D eigenvalue weighted by Gasteiger charge is 2.23. The minimum absolute atomic E-state index is 0.173. The summed E-state index contributed by atoms with van der Waals surface area (Å²) in [5, 5.41) is 9.97. The Morgan fingerprint density at radius 3 is 2.63 bits per heavy atom. The average Bonchev–Trinajstić information content (AvgIpc) is 3.61. The first-order chi connectivity index (χ1) is 18.2. The van der Waals surface area contributed by atoms with E-state index in [1.165, 1.54) is 18.5 Å². The highest BCUT2D eigenvalue weighted by atomic mass is 32.1. The molecule has 5 aromatic heterocycles. The summed E-state index contributed by atoms with van der Waals surface area (Å²) in [5.74, 6) is -0.335. The third kappa shape index (κ3) is 4.10. The van der Waals surface area contributed by atoms with Crippen molar-refractivity contribution >= 4 is 44.9 Å². The zero-order valence-corrected chi connectivity index (χ0v) is 21.4. The van der Waals surface area contributed by atoms with Crippen LogP contribution in [0.25, 0.3) is 55.2 Å². The number of thiophene rings is 1. The lowest BCUT2D eigenvalue weighted by Gasteiger charge is -2.17. The molecule has 3 N–H and O–H groups in total. The number of fused-ring (bicyclic) bond motifs is 2. The molecule has 0 aliphatic carbocycles. The number of halogens is 2. The Hall–Kier alpha value is -4.51. The third-order valence-electron chi connectivity index (χ3n) is 6.09. The lowest BCUT2D eigenvalue weighted by atomic mass is 9.95. The van der Waals surface area contributed by atoms with Crippen LogP contribution in [0.5, 0.6) is 0 Å². The normalized spacial score (nSPS) is 11.9. The molecule has 0 spiro atoms. The number of amides is 1. The largest absolute Gasteiger partial charge is 0.336 e. The van der Waals surface area contributed by atoms with Crippen LogP contribution in [0.15, 0.2) is 55.0 Å². The molecular weight excluding hydrogens is 508 g/mol. The molecule has 0 saturated carbocycles. The summed E-state index contributed by atoms with van der Waals surface area (Å²) in [4.78, 5) is 29.5. The van der Waals surface area contributed by atoms with Crippen LogP contribution >= 0.6 is 11.3 Å². The first-order valence-electron chi connectivity index (χ1n) is 11.7. The number of nitrogens with one attached hydrogen (secondary N) is 3. The van der Waals surface area contributed by atoms with Crippen LogP contribution in [0.4, 0.5) is 14.5 Å². The quantitative estimate of drug-likeness (QED) is 0.240. The fourth-order valence-electron chi connectivity index (χ4n) is 4.11. The van der Waals surface area contributed by atoms with Gasteiger partial charge in [-0.3, -0.25) is 19.9 Å². The summed E-state index contributed by atoms with van der Waals surface area (Å²) < 4.78 is 29.7. The molecule has 0 unspecified atom stereocenters. The Balaban J connectivity index is 1.44. The second-order valence-electron chi connectivity index (χ2n) is 9.83. The molecule has 0 fully saturated rings. The predicted molar refractivity (Wildman–Crippen MR) is 144 cm³/mol. The van der Waals surface area contributed by atoms with Crippen molar-refractivity contribution in [1.82, 2.24) is 30.1 Å². The van der Waals surface area contributed by atoms with Gasteiger partial charge in [0, 0.05) is 28.9 Å². The minimum Gasteiger partial charge on any atom is -0.336 e. The fourth-order valence-corrected chi connectivity index (χ4v) is 4.84. The summed E-state index contributed by atoms with van der Waals surface area (Å²) in [6.07, 6.45) is 4.67. The van der Waals surface area contributed by atoms with E-state index in [-0.39, 0.29) is 16.4 Å². The van der Waals surface area contributed by atoms with Crippen LogP contribution < -0.4 is 5.32 Å². The highest BCUT2D eigenvalue weighted by Crippen LogP contribution is 2.36. The zero-order valence-electron chi connectivity index (χ0n) is 20.6. The van der Waals surface area contributed by atoms with E-state index in [2.05, 4.69) is 35.5 Å². The van der Waals surface area contributed by atoms with E-state index in [4.69, 9.17) is 0 Å². The van der Waals surface area contributed by atoms with Crippen molar-refractivity contribution in [3.8, 4) is 33.2 Å². The number of H-pyrrole nitrogens is 2. The molecule has 0 radical (unpaired) electrons. The predicted octanol–water partition coefficient (Wildman–Crippen LogP) is 6.55. The lowest BCUT2D eigenvalue weighted by Crippen LogP contribution is -2.27. The number of nitrogens with zero attached hydrogens (tertiary/aromatic N) is 4. The Labute approximate surface area is 219 Å². The summed E-state index contributed by atoms with van der Waals surface area (Å²) in [6.45, 7) is 5.43. The second-order valence-corrected chi connectivity index (χ2v) is 10.9. The van der Waals surface area contributed by atoms with Gasteiger partial charge in [-0.15, -0.1) is 11.3 Å². The summed E-state index contributed by atoms with van der Waals surface area (Å²) in [7, 11) is 0. The van der Waals surface area contributed by atoms with Gasteiger partial charge in [0.1, 0.15) is 22.7 Å². The Morgan fingerprint density at radius 1 is 1.03 bits per heavy atom. The maximum atomic E-state index is 16.1. The minimum atomic E-state index is -0.592. The number of aromatic amines is 2. The molecule has 11 heteroatoms. The highest BCUT2D eigenvalue weighted by molar-refractivity contribution is 7.13. The second kappa shape index (κ2) is 8.80. The van der Waals surface area contributed by atoms with Gasteiger partial charge in [-0.05, 0) is 36.4 Å². The average molecular weight is 530 g/mol. The molecule has 0 saturated heterocycles. The van der Waals surface area contributed by atoms with E-state index in [9.17, 15) is 9.18 Å². The molecule has 1 amide bonds. The fraction of sp³-hybridized carbons (Fsp3) is 0.148. The van der Waals surface area contributed by atoms with Gasteiger partial charge in [0.15, 0.2) is 11.0 Å². The molecular formula is C27H21F2N7OS. The summed E-state index contributed by atoms with van der Waals surface area (Å²) in [5.41, 5.74) is 3.19. The van der Waals surface area contributed by atoms with Crippen LogP contribution in [0, 0.1) is 16.4 Å². The van der Waals surface area contributed by atoms with Crippen molar-refractivity contribution in [2.75, 3.05) is 5.32 Å². The monoisotopic (exact) mass is 529 g/mol. The number of carbonyl (C=O) groups is 1. The first kappa shape index (κ1) is 23.9. The molecule has 190 valence electrons. The number of hydrogen-bond acceptors (Lipinski definition) is 6. The number of benzene rings is 1. The van der Waals surface area contributed by atoms with Crippen molar-refractivity contribution < 1.29 is 13.6 Å². The van der Waals surface area contributed by atoms with Crippen LogP contribution in [0.2, 0.25) is 0 Å². The van der Waals surface area contributed by atoms with Crippen molar-refractivity contribution in [3.63, 3.8) is 0 Å². The van der Waals surface area contributed by atoms with Crippen molar-refractivity contribution in [2.24, 2.45) is 5.41 Å². The van der Waals surface area contributed by atoms with Gasteiger partial charge in [0.25, 0.3) is 0 Å². The number of imidazole rings is 1. The molecule has 0 bridgehead atoms. The number of hydrogen-bond donors (Lipinski definition) is 3. The van der Waals surface area contributed by atoms with Gasteiger partial charge in [-0.2, -0.15) is 9.49 Å². The molecule has 6 rings (SSSR count). The molecule has 1 aromatic carbocycles. The van der Waals surface area contributed by atoms with Crippen molar-refractivity contribution in [1.29, 1.82) is 0 Å². The number of rotatable bonds is 4. The summed E-state index contributed by atoms with van der Waals surface area (Å²) in [6, 6.07) is 9.83. The van der Waals surface area contributed by atoms with Crippen molar-refractivity contribution in [2.45, 2.75) is 20.8 Å². The van der Waals surface area contributed by atoms with Gasteiger partial charge >= 0.3 is 0 Å². The SMILES string of the molecule is CC(C)(C)C(=O)Nc1cncc(-c2ccc3[nH]nc(-c4nc5c(-c6ccc(F)s6)nccc5[nH]4)c3c2F)c1. The summed E-state index contributed by atoms with van der Waals surface area (Å²) >= 11 is 0.976. The molecule has 0 aliphatic heterocycles. The topological polar surface area (TPSA) is 112 Å². The molecule has 8 nitrogen and oxygen atoms in total. The van der Waals surface area contributed by atoms with Crippen LogP contribution in [-0.2, 0) is 4.79 Å². The maximum Gasteiger partial charge on any atom is 0.229 e. The molecule has 38 heavy (non-hydrogen) atoms. The van der Waals surface area contributed by atoms with Crippen molar-refractivity contribution in [3.05, 3.63) is 65.9 Å². The van der Waals surface area contributed by atoms with Gasteiger partial charge in [0.05, 0.1) is 33.2 Å². The number of carbonyl (C=O) groups excluding carboxylic acids is 1.